The fourth-order valence-corrected chi connectivity index (χ4v) is 1.53. The van der Waals surface area contributed by atoms with Crippen molar-refractivity contribution in [2.24, 2.45) is 0 Å². The van der Waals surface area contributed by atoms with Gasteiger partial charge in [0.25, 0.3) is 0 Å². The first-order valence-corrected chi connectivity index (χ1v) is 4.67. The Morgan fingerprint density at radius 3 is 2.50 bits per heavy atom. The molecule has 1 heterocycles. The van der Waals surface area contributed by atoms with E-state index in [1.54, 1.807) is 12.4 Å². The van der Waals surface area contributed by atoms with Gasteiger partial charge in [-0.05, 0) is 38.0 Å². The van der Waals surface area contributed by atoms with Gasteiger partial charge < -0.3 is 5.32 Å². The summed E-state index contributed by atoms with van der Waals surface area (Å²) in [6, 6.07) is 3.92. The molecule has 1 N–H and O–H groups in total. The lowest BCUT2D eigenvalue weighted by Gasteiger charge is -2.25. The lowest BCUT2D eigenvalue weighted by molar-refractivity contribution is -0.120. The minimum atomic E-state index is -0.201. The number of rotatable bonds is 3. The Kier molecular flexibility index (Phi) is 3.23. The summed E-state index contributed by atoms with van der Waals surface area (Å²) in [5.41, 5.74) is 0.978. The van der Waals surface area contributed by atoms with Gasteiger partial charge in [0.15, 0.2) is 0 Å². The molecule has 0 atom stereocenters. The summed E-state index contributed by atoms with van der Waals surface area (Å²) < 4.78 is 0. The van der Waals surface area contributed by atoms with E-state index in [1.165, 1.54) is 12.5 Å². The van der Waals surface area contributed by atoms with Crippen molar-refractivity contribution in [2.45, 2.75) is 32.7 Å². The average molecular weight is 192 g/mol. The van der Waals surface area contributed by atoms with E-state index in [-0.39, 0.29) is 11.4 Å². The van der Waals surface area contributed by atoms with Crippen molar-refractivity contribution >= 4 is 5.91 Å². The number of carbonyl (C=O) groups excluding carboxylic acids is 1. The number of hydrogen-bond acceptors (Lipinski definition) is 2. The molecule has 1 rings (SSSR count). The second-order valence-electron chi connectivity index (χ2n) is 4.10. The molecule has 1 aromatic heterocycles. The van der Waals surface area contributed by atoms with Crippen LogP contribution in [-0.2, 0) is 11.2 Å². The van der Waals surface area contributed by atoms with Gasteiger partial charge in [-0.15, -0.1) is 0 Å². The van der Waals surface area contributed by atoms with Gasteiger partial charge in [0, 0.05) is 24.9 Å². The highest BCUT2D eigenvalue weighted by Crippen LogP contribution is 2.11. The van der Waals surface area contributed by atoms with E-state index in [2.05, 4.69) is 10.3 Å². The maximum atomic E-state index is 10.9. The Bertz CT molecular complexity index is 306. The number of aromatic nitrogens is 1. The molecular weight excluding hydrogens is 176 g/mol. The number of nitrogens with zero attached hydrogens (tertiary/aromatic N) is 1. The lowest BCUT2D eigenvalue weighted by atomic mass is 9.95. The maximum Gasteiger partial charge on any atom is 0.217 e. The van der Waals surface area contributed by atoms with Gasteiger partial charge in [0.1, 0.15) is 0 Å². The molecular formula is C11H16N2O. The third-order valence-corrected chi connectivity index (χ3v) is 1.91. The van der Waals surface area contributed by atoms with Crippen LogP contribution < -0.4 is 5.32 Å². The topological polar surface area (TPSA) is 42.0 Å². The van der Waals surface area contributed by atoms with Crippen LogP contribution in [0.25, 0.3) is 0 Å². The molecule has 0 radical (unpaired) electrons. The van der Waals surface area contributed by atoms with E-state index in [0.29, 0.717) is 0 Å². The normalized spacial score (nSPS) is 11.1. The molecule has 0 fully saturated rings. The molecule has 3 nitrogen and oxygen atoms in total. The zero-order valence-electron chi connectivity index (χ0n) is 8.87. The number of pyridine rings is 1. The molecule has 0 aliphatic heterocycles. The number of carbonyl (C=O) groups is 1. The highest BCUT2D eigenvalue weighted by molar-refractivity contribution is 5.73. The van der Waals surface area contributed by atoms with Crippen LogP contribution in [0.3, 0.4) is 0 Å². The van der Waals surface area contributed by atoms with Crippen molar-refractivity contribution in [3.05, 3.63) is 30.1 Å². The summed E-state index contributed by atoms with van der Waals surface area (Å²) in [5.74, 6) is 0.00376. The van der Waals surface area contributed by atoms with E-state index in [1.807, 2.05) is 26.0 Å². The van der Waals surface area contributed by atoms with Crippen molar-refractivity contribution in [3.63, 3.8) is 0 Å². The van der Waals surface area contributed by atoms with Crippen LogP contribution >= 0.6 is 0 Å². The van der Waals surface area contributed by atoms with Crippen LogP contribution in [0, 0.1) is 0 Å². The van der Waals surface area contributed by atoms with Gasteiger partial charge in [0.05, 0.1) is 0 Å². The van der Waals surface area contributed by atoms with Crippen LogP contribution in [0.5, 0.6) is 0 Å². The van der Waals surface area contributed by atoms with Crippen molar-refractivity contribution in [1.29, 1.82) is 0 Å². The van der Waals surface area contributed by atoms with Crippen molar-refractivity contribution in [2.75, 3.05) is 0 Å². The molecule has 0 saturated carbocycles. The summed E-state index contributed by atoms with van der Waals surface area (Å²) >= 11 is 0. The first-order chi connectivity index (χ1) is 6.49. The fourth-order valence-electron chi connectivity index (χ4n) is 1.53. The Morgan fingerprint density at radius 2 is 2.00 bits per heavy atom. The summed E-state index contributed by atoms with van der Waals surface area (Å²) in [6.07, 6.45) is 4.34. The smallest absolute Gasteiger partial charge is 0.217 e. The number of nitrogens with one attached hydrogen (secondary N) is 1. The van der Waals surface area contributed by atoms with Crippen LogP contribution in [-0.4, -0.2) is 16.4 Å². The average Bonchev–Trinajstić information content (AvgIpc) is 2.02. The Morgan fingerprint density at radius 1 is 1.43 bits per heavy atom. The van der Waals surface area contributed by atoms with Gasteiger partial charge in [-0.3, -0.25) is 9.78 Å². The highest BCUT2D eigenvalue weighted by atomic mass is 16.1. The molecule has 0 bridgehead atoms. The number of amides is 1. The first kappa shape index (κ1) is 10.7. The van der Waals surface area contributed by atoms with E-state index in [0.717, 1.165) is 6.42 Å². The molecule has 14 heavy (non-hydrogen) atoms. The van der Waals surface area contributed by atoms with Gasteiger partial charge in [-0.2, -0.15) is 0 Å². The molecule has 0 saturated heterocycles. The maximum absolute atomic E-state index is 10.9. The highest BCUT2D eigenvalue weighted by Gasteiger charge is 2.18. The minimum Gasteiger partial charge on any atom is -0.351 e. The fraction of sp³-hybridized carbons (Fsp3) is 0.455. The van der Waals surface area contributed by atoms with Crippen LogP contribution in [0.2, 0.25) is 0 Å². The van der Waals surface area contributed by atoms with Gasteiger partial charge in [0.2, 0.25) is 5.91 Å². The third kappa shape index (κ3) is 3.56. The van der Waals surface area contributed by atoms with E-state index in [4.69, 9.17) is 0 Å². The third-order valence-electron chi connectivity index (χ3n) is 1.91. The van der Waals surface area contributed by atoms with Gasteiger partial charge in [-0.1, -0.05) is 0 Å². The molecule has 0 aliphatic carbocycles. The SMILES string of the molecule is CC(=O)NC(C)(C)Cc1ccncc1. The predicted octanol–water partition coefficient (Wildman–Crippen LogP) is 1.54. The Labute approximate surface area is 84.6 Å². The quantitative estimate of drug-likeness (QED) is 0.789. The Hall–Kier alpha value is -1.38. The molecule has 3 heteroatoms. The molecule has 1 aromatic rings. The van der Waals surface area contributed by atoms with Crippen molar-refractivity contribution in [1.82, 2.24) is 10.3 Å². The summed E-state index contributed by atoms with van der Waals surface area (Å²) in [7, 11) is 0. The molecule has 76 valence electrons. The van der Waals surface area contributed by atoms with E-state index >= 15 is 0 Å². The standard InChI is InChI=1S/C11H16N2O/c1-9(14)13-11(2,3)8-10-4-6-12-7-5-10/h4-7H,8H2,1-3H3,(H,13,14). The first-order valence-electron chi connectivity index (χ1n) is 4.67. The van der Waals surface area contributed by atoms with Crippen molar-refractivity contribution < 1.29 is 4.79 Å². The summed E-state index contributed by atoms with van der Waals surface area (Å²) in [4.78, 5) is 14.9. The van der Waals surface area contributed by atoms with Crippen LogP contribution in [0.15, 0.2) is 24.5 Å². The molecule has 0 unspecified atom stereocenters. The van der Waals surface area contributed by atoms with Crippen LogP contribution in [0.1, 0.15) is 26.3 Å². The van der Waals surface area contributed by atoms with E-state index in [9.17, 15) is 4.79 Å². The zero-order valence-corrected chi connectivity index (χ0v) is 8.87. The minimum absolute atomic E-state index is 0.00376. The predicted molar refractivity (Wildman–Crippen MR) is 55.8 cm³/mol. The van der Waals surface area contributed by atoms with Crippen molar-refractivity contribution in [3.8, 4) is 0 Å². The molecule has 0 aromatic carbocycles. The zero-order chi connectivity index (χ0) is 10.6. The lowest BCUT2D eigenvalue weighted by Crippen LogP contribution is -2.43. The molecule has 0 spiro atoms. The van der Waals surface area contributed by atoms with Gasteiger partial charge in [-0.25, -0.2) is 0 Å². The monoisotopic (exact) mass is 192 g/mol. The van der Waals surface area contributed by atoms with E-state index < -0.39 is 0 Å². The molecule has 1 amide bonds. The van der Waals surface area contributed by atoms with Gasteiger partial charge >= 0.3 is 0 Å². The Balaban J connectivity index is 2.63. The largest absolute Gasteiger partial charge is 0.351 e. The molecule has 0 aliphatic rings. The second kappa shape index (κ2) is 4.22. The summed E-state index contributed by atoms with van der Waals surface area (Å²) in [6.45, 7) is 5.55. The second-order valence-corrected chi connectivity index (χ2v) is 4.10. The summed E-state index contributed by atoms with van der Waals surface area (Å²) in [5, 5.41) is 2.91. The van der Waals surface area contributed by atoms with Crippen LogP contribution in [0.4, 0.5) is 0 Å². The number of hydrogen-bond donors (Lipinski definition) is 1.